The molecular formula is C20H18FNO2S. The number of carbonyl (C=O) groups excluding carboxylic acids is 1. The number of hydrogen-bond donors (Lipinski definition) is 1. The van der Waals surface area contributed by atoms with Crippen molar-refractivity contribution in [3.63, 3.8) is 0 Å². The van der Waals surface area contributed by atoms with E-state index in [-0.39, 0.29) is 11.7 Å². The van der Waals surface area contributed by atoms with E-state index in [9.17, 15) is 9.18 Å². The highest BCUT2D eigenvalue weighted by Gasteiger charge is 2.11. The Morgan fingerprint density at radius 3 is 2.68 bits per heavy atom. The van der Waals surface area contributed by atoms with Gasteiger partial charge in [-0.05, 0) is 60.7 Å². The summed E-state index contributed by atoms with van der Waals surface area (Å²) in [7, 11) is 0. The van der Waals surface area contributed by atoms with Gasteiger partial charge in [0.05, 0.1) is 4.88 Å². The molecule has 128 valence electrons. The molecule has 3 rings (SSSR count). The molecule has 0 atom stereocenters. The molecule has 0 bridgehead atoms. The third-order valence-corrected chi connectivity index (χ3v) is 4.78. The highest BCUT2D eigenvalue weighted by molar-refractivity contribution is 7.12. The molecule has 3 aromatic rings. The lowest BCUT2D eigenvalue weighted by Gasteiger charge is -2.08. The maximum absolute atomic E-state index is 13.1. The van der Waals surface area contributed by atoms with Gasteiger partial charge in [0.15, 0.2) is 0 Å². The van der Waals surface area contributed by atoms with Crippen molar-refractivity contribution in [1.29, 1.82) is 0 Å². The third-order valence-electron chi connectivity index (χ3n) is 3.80. The Bertz CT molecular complexity index is 904. The summed E-state index contributed by atoms with van der Waals surface area (Å²) in [4.78, 5) is 12.9. The summed E-state index contributed by atoms with van der Waals surface area (Å²) in [5, 5.41) is 4.72. The van der Waals surface area contributed by atoms with Crippen molar-refractivity contribution in [3.8, 4) is 5.75 Å². The molecule has 0 fully saturated rings. The lowest BCUT2D eigenvalue weighted by Crippen LogP contribution is -2.11. The Morgan fingerprint density at radius 2 is 1.92 bits per heavy atom. The number of benzene rings is 2. The van der Waals surface area contributed by atoms with E-state index in [0.29, 0.717) is 22.7 Å². The van der Waals surface area contributed by atoms with Crippen LogP contribution in [0.25, 0.3) is 0 Å². The number of amides is 1. The van der Waals surface area contributed by atoms with Crippen LogP contribution < -0.4 is 10.1 Å². The van der Waals surface area contributed by atoms with Crippen LogP contribution in [0, 0.1) is 19.7 Å². The zero-order chi connectivity index (χ0) is 17.8. The highest BCUT2D eigenvalue weighted by Crippen LogP contribution is 2.22. The summed E-state index contributed by atoms with van der Waals surface area (Å²) in [6.07, 6.45) is 0. The van der Waals surface area contributed by atoms with Gasteiger partial charge in [-0.2, -0.15) is 0 Å². The van der Waals surface area contributed by atoms with Crippen LogP contribution in [-0.2, 0) is 6.61 Å². The van der Waals surface area contributed by atoms with E-state index >= 15 is 0 Å². The predicted octanol–water partition coefficient (Wildman–Crippen LogP) is 5.34. The first-order valence-electron chi connectivity index (χ1n) is 7.86. The largest absolute Gasteiger partial charge is 0.489 e. The number of rotatable bonds is 5. The minimum atomic E-state index is -0.317. The van der Waals surface area contributed by atoms with Gasteiger partial charge in [-0.25, -0.2) is 4.39 Å². The topological polar surface area (TPSA) is 38.3 Å². The van der Waals surface area contributed by atoms with Gasteiger partial charge in [-0.3, -0.25) is 4.79 Å². The fourth-order valence-corrected chi connectivity index (χ4v) is 3.19. The van der Waals surface area contributed by atoms with Crippen LogP contribution in [0.4, 0.5) is 10.1 Å². The van der Waals surface area contributed by atoms with E-state index in [1.165, 1.54) is 23.5 Å². The van der Waals surface area contributed by atoms with Gasteiger partial charge in [0.1, 0.15) is 18.2 Å². The van der Waals surface area contributed by atoms with E-state index in [1.807, 2.05) is 42.6 Å². The van der Waals surface area contributed by atoms with Gasteiger partial charge >= 0.3 is 0 Å². The molecule has 3 nitrogen and oxygen atoms in total. The van der Waals surface area contributed by atoms with Crippen molar-refractivity contribution in [2.45, 2.75) is 20.5 Å². The van der Waals surface area contributed by atoms with Gasteiger partial charge in [-0.15, -0.1) is 11.3 Å². The fourth-order valence-electron chi connectivity index (χ4n) is 2.40. The van der Waals surface area contributed by atoms with Crippen LogP contribution in [0.1, 0.15) is 26.4 Å². The summed E-state index contributed by atoms with van der Waals surface area (Å²) in [6, 6.07) is 13.9. The smallest absolute Gasteiger partial charge is 0.265 e. The zero-order valence-electron chi connectivity index (χ0n) is 14.0. The molecule has 0 aliphatic carbocycles. The fraction of sp³-hybridized carbons (Fsp3) is 0.150. The second-order valence-corrected chi connectivity index (χ2v) is 6.70. The van der Waals surface area contributed by atoms with E-state index in [4.69, 9.17) is 4.74 Å². The minimum Gasteiger partial charge on any atom is -0.489 e. The van der Waals surface area contributed by atoms with Gasteiger partial charge < -0.3 is 10.1 Å². The Balaban J connectivity index is 1.64. The molecule has 0 radical (unpaired) electrons. The number of aryl methyl sites for hydroxylation is 2. The van der Waals surface area contributed by atoms with E-state index in [0.717, 1.165) is 16.9 Å². The van der Waals surface area contributed by atoms with Crippen LogP contribution in [0.2, 0.25) is 0 Å². The molecule has 5 heteroatoms. The lowest BCUT2D eigenvalue weighted by atomic mass is 10.2. The van der Waals surface area contributed by atoms with Crippen molar-refractivity contribution in [2.24, 2.45) is 0 Å². The summed E-state index contributed by atoms with van der Waals surface area (Å²) in [5.74, 6) is 0.311. The normalized spacial score (nSPS) is 10.5. The molecular weight excluding hydrogens is 337 g/mol. The van der Waals surface area contributed by atoms with E-state index in [2.05, 4.69) is 5.32 Å². The van der Waals surface area contributed by atoms with Gasteiger partial charge in [0.25, 0.3) is 5.91 Å². The van der Waals surface area contributed by atoms with Crippen molar-refractivity contribution >= 4 is 22.9 Å². The minimum absolute atomic E-state index is 0.207. The van der Waals surface area contributed by atoms with Crippen molar-refractivity contribution in [1.82, 2.24) is 0 Å². The second kappa shape index (κ2) is 7.49. The van der Waals surface area contributed by atoms with Crippen LogP contribution in [-0.4, -0.2) is 5.91 Å². The van der Waals surface area contributed by atoms with Crippen LogP contribution >= 0.6 is 11.3 Å². The summed E-state index contributed by atoms with van der Waals surface area (Å²) >= 11 is 1.36. The SMILES string of the molecule is Cc1cc(F)ccc1NC(=O)c1cc(COc2ccccc2C)cs1. The highest BCUT2D eigenvalue weighted by atomic mass is 32.1. The van der Waals surface area contributed by atoms with Crippen molar-refractivity contribution in [3.05, 3.63) is 81.3 Å². The third kappa shape index (κ3) is 4.25. The van der Waals surface area contributed by atoms with Gasteiger partial charge in [-0.1, -0.05) is 18.2 Å². The number of thiophene rings is 1. The number of para-hydroxylation sites is 1. The molecule has 0 saturated carbocycles. The molecule has 1 heterocycles. The van der Waals surface area contributed by atoms with Crippen LogP contribution in [0.15, 0.2) is 53.9 Å². The molecule has 1 amide bonds. The van der Waals surface area contributed by atoms with Crippen molar-refractivity contribution in [2.75, 3.05) is 5.32 Å². The van der Waals surface area contributed by atoms with Crippen molar-refractivity contribution < 1.29 is 13.9 Å². The molecule has 1 N–H and O–H groups in total. The van der Waals surface area contributed by atoms with E-state index < -0.39 is 0 Å². The quantitative estimate of drug-likeness (QED) is 0.671. The number of nitrogens with one attached hydrogen (secondary N) is 1. The maximum atomic E-state index is 13.1. The standard InChI is InChI=1S/C20H18FNO2S/c1-13-5-3-4-6-18(13)24-11-15-10-19(25-12-15)20(23)22-17-8-7-16(21)9-14(17)2/h3-10,12H,11H2,1-2H3,(H,22,23). The van der Waals surface area contributed by atoms with Gasteiger partial charge in [0, 0.05) is 11.3 Å². The molecule has 1 aromatic heterocycles. The molecule has 0 aliphatic rings. The maximum Gasteiger partial charge on any atom is 0.265 e. The number of anilines is 1. The summed E-state index contributed by atoms with van der Waals surface area (Å²) in [6.45, 7) is 4.16. The number of ether oxygens (including phenoxy) is 1. The average Bonchev–Trinajstić information content (AvgIpc) is 3.06. The van der Waals surface area contributed by atoms with Gasteiger partial charge in [0.2, 0.25) is 0 Å². The molecule has 0 unspecified atom stereocenters. The molecule has 0 saturated heterocycles. The molecule has 2 aromatic carbocycles. The second-order valence-electron chi connectivity index (χ2n) is 5.79. The van der Waals surface area contributed by atoms with Crippen LogP contribution in [0.3, 0.4) is 0 Å². The van der Waals surface area contributed by atoms with E-state index in [1.54, 1.807) is 13.0 Å². The average molecular weight is 355 g/mol. The first kappa shape index (κ1) is 17.2. The zero-order valence-corrected chi connectivity index (χ0v) is 14.8. The predicted molar refractivity (Wildman–Crippen MR) is 98.9 cm³/mol. The van der Waals surface area contributed by atoms with Crippen LogP contribution in [0.5, 0.6) is 5.75 Å². The number of carbonyl (C=O) groups is 1. The monoisotopic (exact) mass is 355 g/mol. The summed E-state index contributed by atoms with van der Waals surface area (Å²) < 4.78 is 18.9. The Labute approximate surface area is 150 Å². The Kier molecular flexibility index (Phi) is 5.14. The number of halogens is 1. The molecule has 25 heavy (non-hydrogen) atoms. The number of hydrogen-bond acceptors (Lipinski definition) is 3. The first-order valence-corrected chi connectivity index (χ1v) is 8.74. The lowest BCUT2D eigenvalue weighted by molar-refractivity contribution is 0.103. The summed E-state index contributed by atoms with van der Waals surface area (Å²) in [5.41, 5.74) is 3.31. The first-order chi connectivity index (χ1) is 12.0. The molecule has 0 spiro atoms. The Morgan fingerprint density at radius 1 is 1.12 bits per heavy atom. The molecule has 0 aliphatic heterocycles. The Hall–Kier alpha value is -2.66.